The van der Waals surface area contributed by atoms with E-state index >= 15 is 0 Å². The van der Waals surface area contributed by atoms with Crippen molar-refractivity contribution in [2.45, 2.75) is 26.4 Å². The Balaban J connectivity index is 2.52. The Labute approximate surface area is 111 Å². The van der Waals surface area contributed by atoms with Crippen LogP contribution in [0.5, 0.6) is 5.75 Å². The molecule has 0 amide bonds. The summed E-state index contributed by atoms with van der Waals surface area (Å²) in [7, 11) is 0. The average Bonchev–Trinajstić information content (AvgIpc) is 2.30. The Kier molecular flexibility index (Phi) is 6.55. The molecule has 17 heavy (non-hydrogen) atoms. The zero-order valence-electron chi connectivity index (χ0n) is 10.3. The third-order valence-corrected chi connectivity index (χ3v) is 2.75. The van der Waals surface area contributed by atoms with Gasteiger partial charge in [-0.05, 0) is 31.5 Å². The molecule has 0 spiro atoms. The maximum atomic E-state index is 9.64. The highest BCUT2D eigenvalue weighted by molar-refractivity contribution is 9.10. The fraction of sp³-hybridized carbons (Fsp3) is 0.538. The minimum Gasteiger partial charge on any atom is -0.491 e. The molecule has 1 aromatic rings. The molecule has 0 aromatic heterocycles. The summed E-state index contributed by atoms with van der Waals surface area (Å²) in [6, 6.07) is 5.62. The Bertz CT molecular complexity index is 339. The van der Waals surface area contributed by atoms with Crippen LogP contribution in [-0.2, 0) is 4.74 Å². The lowest BCUT2D eigenvalue weighted by Crippen LogP contribution is -2.09. The van der Waals surface area contributed by atoms with E-state index in [9.17, 15) is 5.11 Å². The molecule has 1 atom stereocenters. The predicted octanol–water partition coefficient (Wildman–Crippen LogP) is 3.31. The first-order chi connectivity index (χ1) is 8.15. The van der Waals surface area contributed by atoms with Crippen molar-refractivity contribution in [1.29, 1.82) is 0 Å². The molecule has 0 saturated carbocycles. The van der Waals surface area contributed by atoms with Crippen LogP contribution >= 0.6 is 15.9 Å². The van der Waals surface area contributed by atoms with Gasteiger partial charge >= 0.3 is 0 Å². The molecule has 96 valence electrons. The lowest BCUT2D eigenvalue weighted by molar-refractivity contribution is 0.0986. The molecule has 0 aliphatic carbocycles. The van der Waals surface area contributed by atoms with Gasteiger partial charge in [0.15, 0.2) is 0 Å². The van der Waals surface area contributed by atoms with Gasteiger partial charge in [-0.2, -0.15) is 0 Å². The Morgan fingerprint density at radius 3 is 2.71 bits per heavy atom. The number of hydrogen-bond donors (Lipinski definition) is 1. The summed E-state index contributed by atoms with van der Waals surface area (Å²) < 4.78 is 11.9. The van der Waals surface area contributed by atoms with Crippen LogP contribution in [0.3, 0.4) is 0 Å². The van der Waals surface area contributed by atoms with Gasteiger partial charge in [0.25, 0.3) is 0 Å². The van der Waals surface area contributed by atoms with Crippen LogP contribution in [0.25, 0.3) is 0 Å². The van der Waals surface area contributed by atoms with Crippen LogP contribution in [0.1, 0.15) is 31.9 Å². The van der Waals surface area contributed by atoms with E-state index in [-0.39, 0.29) is 0 Å². The van der Waals surface area contributed by atoms with Crippen LogP contribution in [0, 0.1) is 0 Å². The minimum atomic E-state index is -0.543. The predicted molar refractivity (Wildman–Crippen MR) is 71.4 cm³/mol. The zero-order valence-corrected chi connectivity index (χ0v) is 11.9. The summed E-state index contributed by atoms with van der Waals surface area (Å²) in [5.74, 6) is 0.711. The smallest absolute Gasteiger partial charge is 0.125 e. The third-order valence-electron chi connectivity index (χ3n) is 2.26. The largest absolute Gasteiger partial charge is 0.491 e. The van der Waals surface area contributed by atoms with E-state index < -0.39 is 6.10 Å². The van der Waals surface area contributed by atoms with E-state index in [1.807, 2.05) is 18.2 Å². The monoisotopic (exact) mass is 302 g/mol. The summed E-state index contributed by atoms with van der Waals surface area (Å²) in [4.78, 5) is 0. The van der Waals surface area contributed by atoms with Gasteiger partial charge in [0, 0.05) is 16.6 Å². The van der Waals surface area contributed by atoms with Gasteiger partial charge in [0.05, 0.1) is 12.7 Å². The molecule has 1 aromatic carbocycles. The van der Waals surface area contributed by atoms with Crippen LogP contribution in [-0.4, -0.2) is 24.9 Å². The molecule has 1 N–H and O–H groups in total. The standard InChI is InChI=1S/C13H19BrO3/c1-3-6-16-7-8-17-13-5-4-11(14)9-12(13)10(2)15/h4-5,9-10,15H,3,6-8H2,1-2H3/t10-/m1/s1. The Morgan fingerprint density at radius 1 is 1.29 bits per heavy atom. The van der Waals surface area contributed by atoms with Crippen molar-refractivity contribution in [2.75, 3.05) is 19.8 Å². The van der Waals surface area contributed by atoms with Crippen molar-refractivity contribution in [3.63, 3.8) is 0 Å². The van der Waals surface area contributed by atoms with Gasteiger partial charge in [-0.3, -0.25) is 0 Å². The average molecular weight is 303 g/mol. The maximum absolute atomic E-state index is 9.64. The summed E-state index contributed by atoms with van der Waals surface area (Å²) in [5, 5.41) is 9.64. The van der Waals surface area contributed by atoms with Crippen molar-refractivity contribution in [1.82, 2.24) is 0 Å². The van der Waals surface area contributed by atoms with E-state index in [4.69, 9.17) is 9.47 Å². The van der Waals surface area contributed by atoms with Crippen molar-refractivity contribution in [3.05, 3.63) is 28.2 Å². The molecule has 0 heterocycles. The first kappa shape index (κ1) is 14.5. The summed E-state index contributed by atoms with van der Waals surface area (Å²) in [6.45, 7) is 5.63. The minimum absolute atomic E-state index is 0.501. The van der Waals surface area contributed by atoms with Gasteiger partial charge in [0.2, 0.25) is 0 Å². The normalized spacial score (nSPS) is 12.5. The van der Waals surface area contributed by atoms with E-state index in [0.717, 1.165) is 23.1 Å². The lowest BCUT2D eigenvalue weighted by Gasteiger charge is -2.14. The lowest BCUT2D eigenvalue weighted by atomic mass is 10.1. The fourth-order valence-electron chi connectivity index (χ4n) is 1.43. The number of halogens is 1. The second-order valence-corrected chi connectivity index (χ2v) is 4.73. The summed E-state index contributed by atoms with van der Waals surface area (Å²) >= 11 is 3.38. The first-order valence-corrected chi connectivity index (χ1v) is 6.62. The Hall–Kier alpha value is -0.580. The van der Waals surface area contributed by atoms with Crippen molar-refractivity contribution >= 4 is 15.9 Å². The van der Waals surface area contributed by atoms with Gasteiger partial charge in [-0.25, -0.2) is 0 Å². The molecule has 0 aliphatic rings. The molecule has 0 radical (unpaired) electrons. The molecule has 1 rings (SSSR count). The van der Waals surface area contributed by atoms with E-state index in [0.29, 0.717) is 19.0 Å². The molecular weight excluding hydrogens is 284 g/mol. The zero-order chi connectivity index (χ0) is 12.7. The molecule has 0 saturated heterocycles. The number of hydrogen-bond acceptors (Lipinski definition) is 3. The second-order valence-electron chi connectivity index (χ2n) is 3.82. The SMILES string of the molecule is CCCOCCOc1ccc(Br)cc1[C@@H](C)O. The third kappa shape index (κ3) is 5.06. The van der Waals surface area contributed by atoms with Crippen LogP contribution in [0.2, 0.25) is 0 Å². The van der Waals surface area contributed by atoms with Crippen LogP contribution in [0.15, 0.2) is 22.7 Å². The van der Waals surface area contributed by atoms with E-state index in [2.05, 4.69) is 22.9 Å². The van der Waals surface area contributed by atoms with E-state index in [1.165, 1.54) is 0 Å². The van der Waals surface area contributed by atoms with Gasteiger partial charge in [-0.15, -0.1) is 0 Å². The molecular formula is C13H19BrO3. The highest BCUT2D eigenvalue weighted by atomic mass is 79.9. The summed E-state index contributed by atoms with van der Waals surface area (Å²) in [5.41, 5.74) is 0.787. The number of rotatable bonds is 7. The topological polar surface area (TPSA) is 38.7 Å². The summed E-state index contributed by atoms with van der Waals surface area (Å²) in [6.07, 6.45) is 0.469. The molecule has 0 unspecified atom stereocenters. The van der Waals surface area contributed by atoms with Gasteiger partial charge in [0.1, 0.15) is 12.4 Å². The molecule has 0 fully saturated rings. The number of aliphatic hydroxyl groups is 1. The quantitative estimate of drug-likeness (QED) is 0.785. The van der Waals surface area contributed by atoms with Crippen molar-refractivity contribution < 1.29 is 14.6 Å². The molecule has 0 aliphatic heterocycles. The first-order valence-electron chi connectivity index (χ1n) is 5.83. The maximum Gasteiger partial charge on any atom is 0.125 e. The molecule has 0 bridgehead atoms. The van der Waals surface area contributed by atoms with Crippen molar-refractivity contribution in [2.24, 2.45) is 0 Å². The number of aliphatic hydroxyl groups excluding tert-OH is 1. The van der Waals surface area contributed by atoms with Gasteiger partial charge < -0.3 is 14.6 Å². The molecule has 4 heteroatoms. The molecule has 3 nitrogen and oxygen atoms in total. The highest BCUT2D eigenvalue weighted by Gasteiger charge is 2.09. The van der Waals surface area contributed by atoms with Crippen molar-refractivity contribution in [3.8, 4) is 5.75 Å². The van der Waals surface area contributed by atoms with Crippen LogP contribution < -0.4 is 4.74 Å². The number of benzene rings is 1. The van der Waals surface area contributed by atoms with E-state index in [1.54, 1.807) is 6.92 Å². The second kappa shape index (κ2) is 7.69. The number of ether oxygens (including phenoxy) is 2. The highest BCUT2D eigenvalue weighted by Crippen LogP contribution is 2.28. The van der Waals surface area contributed by atoms with Gasteiger partial charge in [-0.1, -0.05) is 22.9 Å². The van der Waals surface area contributed by atoms with Crippen LogP contribution in [0.4, 0.5) is 0 Å². The fourth-order valence-corrected chi connectivity index (χ4v) is 1.81. The Morgan fingerprint density at radius 2 is 2.06 bits per heavy atom.